The molecule has 0 saturated carbocycles. The van der Waals surface area contributed by atoms with Gasteiger partial charge >= 0.3 is 0 Å². The molecule has 0 aliphatic carbocycles. The number of hydrogen-bond donors (Lipinski definition) is 1. The SMILES string of the molecule is CCNc1cncc(Oc2cc(Br)ccc2C)c1. The predicted octanol–water partition coefficient (Wildman–Crippen LogP) is 4.38. The second-order valence-corrected chi connectivity index (χ2v) is 4.87. The Kier molecular flexibility index (Phi) is 4.20. The molecule has 94 valence electrons. The second-order valence-electron chi connectivity index (χ2n) is 3.95. The molecule has 1 aromatic carbocycles. The van der Waals surface area contributed by atoms with Crippen molar-refractivity contribution in [1.29, 1.82) is 0 Å². The molecule has 0 amide bonds. The van der Waals surface area contributed by atoms with Gasteiger partial charge in [-0.15, -0.1) is 0 Å². The summed E-state index contributed by atoms with van der Waals surface area (Å²) in [7, 11) is 0. The zero-order valence-corrected chi connectivity index (χ0v) is 12.0. The van der Waals surface area contributed by atoms with Gasteiger partial charge in [0.15, 0.2) is 0 Å². The van der Waals surface area contributed by atoms with E-state index in [0.717, 1.165) is 33.8 Å². The molecule has 1 aromatic heterocycles. The molecule has 0 atom stereocenters. The normalized spacial score (nSPS) is 10.2. The van der Waals surface area contributed by atoms with E-state index in [2.05, 4.69) is 26.2 Å². The topological polar surface area (TPSA) is 34.2 Å². The number of rotatable bonds is 4. The lowest BCUT2D eigenvalue weighted by molar-refractivity contribution is 0.476. The third-order valence-electron chi connectivity index (χ3n) is 2.47. The predicted molar refractivity (Wildman–Crippen MR) is 77.4 cm³/mol. The van der Waals surface area contributed by atoms with Crippen LogP contribution in [0.4, 0.5) is 5.69 Å². The molecule has 18 heavy (non-hydrogen) atoms. The van der Waals surface area contributed by atoms with Gasteiger partial charge in [-0.3, -0.25) is 4.98 Å². The minimum absolute atomic E-state index is 0.731. The van der Waals surface area contributed by atoms with Crippen LogP contribution < -0.4 is 10.1 Å². The minimum Gasteiger partial charge on any atom is -0.455 e. The monoisotopic (exact) mass is 306 g/mol. The van der Waals surface area contributed by atoms with E-state index >= 15 is 0 Å². The highest BCUT2D eigenvalue weighted by Gasteiger charge is 2.03. The van der Waals surface area contributed by atoms with Crippen molar-refractivity contribution in [3.05, 3.63) is 46.7 Å². The van der Waals surface area contributed by atoms with Crippen LogP contribution in [-0.2, 0) is 0 Å². The summed E-state index contributed by atoms with van der Waals surface area (Å²) in [6.07, 6.45) is 3.49. The van der Waals surface area contributed by atoms with Crippen molar-refractivity contribution in [1.82, 2.24) is 4.98 Å². The van der Waals surface area contributed by atoms with E-state index < -0.39 is 0 Å². The average molecular weight is 307 g/mol. The van der Waals surface area contributed by atoms with Crippen LogP contribution in [0.3, 0.4) is 0 Å². The minimum atomic E-state index is 0.731. The van der Waals surface area contributed by atoms with E-state index in [9.17, 15) is 0 Å². The first-order valence-corrected chi connectivity index (χ1v) is 6.61. The smallest absolute Gasteiger partial charge is 0.147 e. The number of aryl methyl sites for hydroxylation is 1. The Morgan fingerprint density at radius 1 is 1.28 bits per heavy atom. The van der Waals surface area contributed by atoms with Crippen molar-refractivity contribution < 1.29 is 4.74 Å². The third-order valence-corrected chi connectivity index (χ3v) is 2.97. The second kappa shape index (κ2) is 5.87. The lowest BCUT2D eigenvalue weighted by Crippen LogP contribution is -1.97. The molecule has 0 unspecified atom stereocenters. The third kappa shape index (κ3) is 3.23. The molecule has 0 aliphatic rings. The number of aromatic nitrogens is 1. The molecule has 0 fully saturated rings. The van der Waals surface area contributed by atoms with Crippen molar-refractivity contribution in [2.45, 2.75) is 13.8 Å². The fourth-order valence-corrected chi connectivity index (χ4v) is 1.93. The summed E-state index contributed by atoms with van der Waals surface area (Å²) in [6.45, 7) is 4.93. The van der Waals surface area contributed by atoms with E-state index in [1.165, 1.54) is 0 Å². The Hall–Kier alpha value is -1.55. The number of anilines is 1. The number of nitrogens with one attached hydrogen (secondary N) is 1. The zero-order valence-electron chi connectivity index (χ0n) is 10.4. The van der Waals surface area contributed by atoms with Crippen LogP contribution >= 0.6 is 15.9 Å². The molecule has 2 aromatic rings. The maximum Gasteiger partial charge on any atom is 0.147 e. The number of benzene rings is 1. The molecule has 1 heterocycles. The Bertz CT molecular complexity index is 543. The van der Waals surface area contributed by atoms with Crippen LogP contribution in [0.2, 0.25) is 0 Å². The first-order valence-electron chi connectivity index (χ1n) is 5.82. The summed E-state index contributed by atoms with van der Waals surface area (Å²) in [6, 6.07) is 7.91. The van der Waals surface area contributed by atoms with Crippen LogP contribution in [-0.4, -0.2) is 11.5 Å². The maximum absolute atomic E-state index is 5.84. The van der Waals surface area contributed by atoms with E-state index in [4.69, 9.17) is 4.74 Å². The average Bonchev–Trinajstić information content (AvgIpc) is 2.35. The van der Waals surface area contributed by atoms with E-state index in [0.29, 0.717) is 0 Å². The Morgan fingerprint density at radius 3 is 2.89 bits per heavy atom. The quantitative estimate of drug-likeness (QED) is 0.910. The highest BCUT2D eigenvalue weighted by molar-refractivity contribution is 9.10. The Labute approximate surface area is 115 Å². The highest BCUT2D eigenvalue weighted by atomic mass is 79.9. The molecule has 0 spiro atoms. The molecular weight excluding hydrogens is 292 g/mol. The van der Waals surface area contributed by atoms with Gasteiger partial charge in [-0.1, -0.05) is 22.0 Å². The highest BCUT2D eigenvalue weighted by Crippen LogP contribution is 2.28. The Morgan fingerprint density at radius 2 is 2.11 bits per heavy atom. The van der Waals surface area contributed by atoms with Gasteiger partial charge in [0.2, 0.25) is 0 Å². The van der Waals surface area contributed by atoms with Gasteiger partial charge in [0.25, 0.3) is 0 Å². The van der Waals surface area contributed by atoms with Crippen molar-refractivity contribution in [2.24, 2.45) is 0 Å². The maximum atomic E-state index is 5.84. The number of halogens is 1. The summed E-state index contributed by atoms with van der Waals surface area (Å²) >= 11 is 3.44. The molecule has 0 aliphatic heterocycles. The number of pyridine rings is 1. The molecule has 1 N–H and O–H groups in total. The van der Waals surface area contributed by atoms with Crippen LogP contribution in [0.1, 0.15) is 12.5 Å². The summed E-state index contributed by atoms with van der Waals surface area (Å²) in [5.41, 5.74) is 2.05. The Balaban J connectivity index is 2.22. The van der Waals surface area contributed by atoms with Crippen molar-refractivity contribution >= 4 is 21.6 Å². The number of nitrogens with zero attached hydrogens (tertiary/aromatic N) is 1. The van der Waals surface area contributed by atoms with Gasteiger partial charge in [0.05, 0.1) is 18.1 Å². The fraction of sp³-hybridized carbons (Fsp3) is 0.214. The lowest BCUT2D eigenvalue weighted by atomic mass is 10.2. The number of hydrogen-bond acceptors (Lipinski definition) is 3. The zero-order chi connectivity index (χ0) is 13.0. The van der Waals surface area contributed by atoms with Crippen LogP contribution in [0.25, 0.3) is 0 Å². The number of ether oxygens (including phenoxy) is 1. The summed E-state index contributed by atoms with van der Waals surface area (Å²) in [5, 5.41) is 3.21. The van der Waals surface area contributed by atoms with E-state index in [1.54, 1.807) is 12.4 Å². The van der Waals surface area contributed by atoms with Gasteiger partial charge < -0.3 is 10.1 Å². The van der Waals surface area contributed by atoms with E-state index in [1.807, 2.05) is 38.1 Å². The van der Waals surface area contributed by atoms with Crippen LogP contribution in [0.15, 0.2) is 41.1 Å². The van der Waals surface area contributed by atoms with Crippen LogP contribution in [0.5, 0.6) is 11.5 Å². The molecule has 4 heteroatoms. The van der Waals surface area contributed by atoms with Gasteiger partial charge in [-0.2, -0.15) is 0 Å². The standard InChI is InChI=1S/C14H15BrN2O/c1-3-17-12-7-13(9-16-8-12)18-14-6-11(15)5-4-10(14)2/h4-9,17H,3H2,1-2H3. The molecule has 0 bridgehead atoms. The molecule has 3 nitrogen and oxygen atoms in total. The van der Waals surface area contributed by atoms with Crippen molar-refractivity contribution in [3.8, 4) is 11.5 Å². The molecule has 0 saturated heterocycles. The van der Waals surface area contributed by atoms with Crippen molar-refractivity contribution in [3.63, 3.8) is 0 Å². The summed E-state index contributed by atoms with van der Waals surface area (Å²) in [5.74, 6) is 1.56. The van der Waals surface area contributed by atoms with Gasteiger partial charge in [0, 0.05) is 17.1 Å². The van der Waals surface area contributed by atoms with E-state index in [-0.39, 0.29) is 0 Å². The molecule has 0 radical (unpaired) electrons. The van der Waals surface area contributed by atoms with Gasteiger partial charge in [-0.25, -0.2) is 0 Å². The lowest BCUT2D eigenvalue weighted by Gasteiger charge is -2.10. The van der Waals surface area contributed by atoms with Gasteiger partial charge in [-0.05, 0) is 31.5 Å². The van der Waals surface area contributed by atoms with Crippen molar-refractivity contribution in [2.75, 3.05) is 11.9 Å². The molecular formula is C14H15BrN2O. The summed E-state index contributed by atoms with van der Waals surface area (Å²) in [4.78, 5) is 4.15. The van der Waals surface area contributed by atoms with Crippen LogP contribution in [0, 0.1) is 6.92 Å². The van der Waals surface area contributed by atoms with Gasteiger partial charge in [0.1, 0.15) is 11.5 Å². The largest absolute Gasteiger partial charge is 0.455 e. The first kappa shape index (κ1) is 12.9. The first-order chi connectivity index (χ1) is 8.69. The summed E-state index contributed by atoms with van der Waals surface area (Å²) < 4.78 is 6.84. The fourth-order valence-electron chi connectivity index (χ4n) is 1.59. The molecule has 2 rings (SSSR count).